The van der Waals surface area contributed by atoms with Gasteiger partial charge in [0, 0.05) is 46.5 Å². The number of hydrogen-bond acceptors (Lipinski definition) is 4. The summed E-state index contributed by atoms with van der Waals surface area (Å²) in [5.74, 6) is 0.251. The monoisotopic (exact) mass is 689 g/mol. The zero-order valence-corrected chi connectivity index (χ0v) is 31.9. The molecule has 3 N–H and O–H groups in total. The summed E-state index contributed by atoms with van der Waals surface area (Å²) in [6, 6.07) is 26.5. The Bertz CT molecular complexity index is 1820. The highest BCUT2D eigenvalue weighted by molar-refractivity contribution is 6.04. The molecule has 0 fully saturated rings. The summed E-state index contributed by atoms with van der Waals surface area (Å²) in [5.41, 5.74) is 8.23. The first-order valence-electron chi connectivity index (χ1n) is 19.0. The number of carbonyl (C=O) groups is 1. The number of hydrogen-bond donors (Lipinski definition) is 3. The van der Waals surface area contributed by atoms with Crippen LogP contribution in [0, 0.1) is 19.8 Å². The molecule has 0 radical (unpaired) electrons. The minimum Gasteiger partial charge on any atom is -0.507 e. The Kier molecular flexibility index (Phi) is 14.7. The number of anilines is 1. The number of amides is 1. The van der Waals surface area contributed by atoms with Gasteiger partial charge in [0.1, 0.15) is 11.5 Å². The van der Waals surface area contributed by atoms with Gasteiger partial charge in [0.2, 0.25) is 0 Å². The van der Waals surface area contributed by atoms with Gasteiger partial charge in [-0.15, -0.1) is 0 Å². The molecule has 0 unspecified atom stereocenters. The Morgan fingerprint density at radius 1 is 0.804 bits per heavy atom. The summed E-state index contributed by atoms with van der Waals surface area (Å²) in [7, 11) is 0. The van der Waals surface area contributed by atoms with Crippen molar-refractivity contribution in [1.29, 1.82) is 0 Å². The smallest absolute Gasteiger partial charge is 0.255 e. The van der Waals surface area contributed by atoms with Crippen LogP contribution >= 0.6 is 0 Å². The van der Waals surface area contributed by atoms with E-state index < -0.39 is 0 Å². The predicted molar refractivity (Wildman–Crippen MR) is 215 cm³/mol. The largest absolute Gasteiger partial charge is 0.507 e. The molecular formula is C45H59N3O3. The molecular weight excluding hydrogens is 631 g/mol. The number of phenols is 2. The number of carbonyl (C=O) groups excluding carboxylic acids is 1. The molecule has 0 saturated heterocycles. The summed E-state index contributed by atoms with van der Waals surface area (Å²) >= 11 is 0. The normalized spacial score (nSPS) is 11.2. The van der Waals surface area contributed by atoms with Crippen LogP contribution in [-0.4, -0.2) is 45.2 Å². The van der Waals surface area contributed by atoms with Gasteiger partial charge < -0.3 is 25.0 Å². The van der Waals surface area contributed by atoms with Gasteiger partial charge in [-0.3, -0.25) is 4.79 Å². The molecule has 6 heteroatoms. The van der Waals surface area contributed by atoms with Crippen molar-refractivity contribution in [2.45, 2.75) is 93.5 Å². The number of aryl methyl sites for hydroxylation is 2. The van der Waals surface area contributed by atoms with E-state index in [1.807, 2.05) is 68.4 Å². The Labute approximate surface area is 306 Å². The van der Waals surface area contributed by atoms with E-state index in [9.17, 15) is 15.0 Å². The first kappa shape index (κ1) is 39.2. The van der Waals surface area contributed by atoms with E-state index >= 15 is 0 Å². The average Bonchev–Trinajstić information content (AvgIpc) is 3.35. The Hall–Kier alpha value is -4.55. The van der Waals surface area contributed by atoms with Crippen LogP contribution in [0.2, 0.25) is 0 Å². The molecule has 5 rings (SSSR count). The minimum atomic E-state index is -0.309. The molecule has 0 bridgehead atoms. The van der Waals surface area contributed by atoms with Crippen molar-refractivity contribution in [1.82, 2.24) is 9.47 Å². The van der Waals surface area contributed by atoms with E-state index in [2.05, 4.69) is 67.6 Å². The molecule has 5 aromatic rings. The fraction of sp³-hybridized carbons (Fsp3) is 0.400. The van der Waals surface area contributed by atoms with Gasteiger partial charge in [0.15, 0.2) is 0 Å². The highest BCUT2D eigenvalue weighted by atomic mass is 16.3. The molecule has 0 spiro atoms. The molecule has 1 heterocycles. The maximum atomic E-state index is 13.0. The van der Waals surface area contributed by atoms with Crippen molar-refractivity contribution in [2.75, 3.05) is 25.0 Å². The molecule has 0 aliphatic carbocycles. The zero-order chi connectivity index (χ0) is 36.9. The number of aromatic nitrogens is 1. The third-order valence-electron chi connectivity index (χ3n) is 9.66. The molecule has 0 aliphatic rings. The van der Waals surface area contributed by atoms with Crippen LogP contribution in [-0.2, 0) is 13.0 Å². The first-order valence-corrected chi connectivity index (χ1v) is 19.0. The molecule has 1 aromatic heterocycles. The zero-order valence-electron chi connectivity index (χ0n) is 31.9. The molecule has 1 amide bonds. The summed E-state index contributed by atoms with van der Waals surface area (Å²) in [6.45, 7) is 20.1. The fourth-order valence-corrected chi connectivity index (χ4v) is 6.77. The van der Waals surface area contributed by atoms with Gasteiger partial charge in [0.25, 0.3) is 5.91 Å². The Balaban J connectivity index is 0.00000286. The number of aromatic hydroxyl groups is 2. The first-order chi connectivity index (χ1) is 24.6. The summed E-state index contributed by atoms with van der Waals surface area (Å²) in [5, 5.41) is 25.3. The second kappa shape index (κ2) is 19.2. The number of fused-ring (bicyclic) bond motifs is 1. The van der Waals surface area contributed by atoms with Crippen molar-refractivity contribution in [3.63, 3.8) is 0 Å². The lowest BCUT2D eigenvalue weighted by Gasteiger charge is -2.22. The average molecular weight is 690 g/mol. The second-order valence-corrected chi connectivity index (χ2v) is 13.9. The highest BCUT2D eigenvalue weighted by Gasteiger charge is 2.15. The van der Waals surface area contributed by atoms with Crippen LogP contribution in [0.25, 0.3) is 22.0 Å². The number of phenolic OH excluding ortho intramolecular Hbond substituents is 2. The van der Waals surface area contributed by atoms with Crippen molar-refractivity contribution >= 4 is 22.5 Å². The van der Waals surface area contributed by atoms with E-state index in [0.717, 1.165) is 24.4 Å². The van der Waals surface area contributed by atoms with E-state index in [1.165, 1.54) is 91.6 Å². The van der Waals surface area contributed by atoms with Crippen LogP contribution in [0.15, 0.2) is 84.9 Å². The molecule has 0 saturated carbocycles. The molecule has 6 nitrogen and oxygen atoms in total. The molecule has 51 heavy (non-hydrogen) atoms. The molecule has 0 aliphatic heterocycles. The number of unbranched alkanes of at least 4 members (excludes halogenated alkanes) is 2. The Morgan fingerprint density at radius 2 is 1.47 bits per heavy atom. The van der Waals surface area contributed by atoms with Gasteiger partial charge in [-0.2, -0.15) is 0 Å². The summed E-state index contributed by atoms with van der Waals surface area (Å²) in [6.07, 6.45) is 6.98. The van der Waals surface area contributed by atoms with Crippen LogP contribution in [0.5, 0.6) is 11.5 Å². The van der Waals surface area contributed by atoms with Gasteiger partial charge >= 0.3 is 0 Å². The fourth-order valence-electron chi connectivity index (χ4n) is 6.77. The lowest BCUT2D eigenvalue weighted by molar-refractivity contribution is 0.102. The minimum absolute atomic E-state index is 0.101. The van der Waals surface area contributed by atoms with Gasteiger partial charge in [0.05, 0.1) is 5.56 Å². The van der Waals surface area contributed by atoms with Gasteiger partial charge in [-0.1, -0.05) is 89.6 Å². The Morgan fingerprint density at radius 3 is 2.12 bits per heavy atom. The molecule has 0 atom stereocenters. The number of benzene rings is 4. The van der Waals surface area contributed by atoms with Crippen molar-refractivity contribution in [3.05, 3.63) is 113 Å². The van der Waals surface area contributed by atoms with Crippen LogP contribution in [0.4, 0.5) is 5.69 Å². The lowest BCUT2D eigenvalue weighted by atomic mass is 10.0. The van der Waals surface area contributed by atoms with Gasteiger partial charge in [-0.25, -0.2) is 0 Å². The number of nitrogens with zero attached hydrogens (tertiary/aromatic N) is 2. The van der Waals surface area contributed by atoms with E-state index in [-0.39, 0.29) is 17.4 Å². The number of rotatable bonds is 16. The highest BCUT2D eigenvalue weighted by Crippen LogP contribution is 2.39. The predicted octanol–water partition coefficient (Wildman–Crippen LogP) is 11.1. The third kappa shape index (κ3) is 10.5. The number of nitrogens with one attached hydrogen (secondary N) is 1. The summed E-state index contributed by atoms with van der Waals surface area (Å²) < 4.78 is 2.50. The van der Waals surface area contributed by atoms with E-state index in [4.69, 9.17) is 0 Å². The second-order valence-electron chi connectivity index (χ2n) is 13.9. The summed E-state index contributed by atoms with van der Waals surface area (Å²) in [4.78, 5) is 15.7. The molecule has 4 aromatic carbocycles. The molecule has 272 valence electrons. The van der Waals surface area contributed by atoms with Gasteiger partial charge in [-0.05, 0) is 118 Å². The van der Waals surface area contributed by atoms with Crippen molar-refractivity contribution < 1.29 is 15.0 Å². The van der Waals surface area contributed by atoms with Crippen molar-refractivity contribution in [3.8, 4) is 22.6 Å². The lowest BCUT2D eigenvalue weighted by Crippen LogP contribution is -2.27. The maximum Gasteiger partial charge on any atom is 0.255 e. The van der Waals surface area contributed by atoms with Crippen LogP contribution in [0.3, 0.4) is 0 Å². The maximum absolute atomic E-state index is 13.0. The van der Waals surface area contributed by atoms with E-state index in [1.54, 1.807) is 0 Å². The quantitative estimate of drug-likeness (QED) is 0.0901. The van der Waals surface area contributed by atoms with E-state index in [0.29, 0.717) is 22.4 Å². The van der Waals surface area contributed by atoms with Crippen molar-refractivity contribution in [2.24, 2.45) is 5.92 Å². The van der Waals surface area contributed by atoms with Crippen LogP contribution in [0.1, 0.15) is 99.5 Å². The topological polar surface area (TPSA) is 77.7 Å². The SMILES string of the molecule is CC.CCCN(CCCCCn1c(C)c(C)c2cc(Cc3ccc(C(=O)Nc4cc(O)c(-c5ccccc5)c(O)c4)cc3)ccc21)CCC(C)C. The van der Waals surface area contributed by atoms with Crippen LogP contribution < -0.4 is 5.32 Å². The standard InChI is InChI=1S/C43H53N3O3.C2H6/c1-6-22-45(25-21-30(2)3)23-11-8-12-24-46-32(5)31(4)38-27-34(17-20-39(38)46)26-33-15-18-36(19-16-33)43(49)44-37-28-40(47)42(41(48)29-37)35-13-9-7-10-14-35;1-2/h7,9-10,13-20,27-30,47-48H,6,8,11-12,21-26H2,1-5H3,(H,44,49);1-2H3. The third-order valence-corrected chi connectivity index (χ3v) is 9.66.